The van der Waals surface area contributed by atoms with E-state index in [9.17, 15) is 9.90 Å². The lowest BCUT2D eigenvalue weighted by Gasteiger charge is -2.38. The molecular formula is C16H30N2O2. The molecule has 1 aliphatic heterocycles. The van der Waals surface area contributed by atoms with Crippen molar-refractivity contribution in [2.75, 3.05) is 19.6 Å². The lowest BCUT2D eigenvalue weighted by Crippen LogP contribution is -2.53. The first-order chi connectivity index (χ1) is 9.60. The highest BCUT2D eigenvalue weighted by atomic mass is 16.3. The molecule has 116 valence electrons. The molecule has 1 saturated heterocycles. The Morgan fingerprint density at radius 2 is 1.95 bits per heavy atom. The third kappa shape index (κ3) is 3.73. The van der Waals surface area contributed by atoms with Crippen molar-refractivity contribution in [3.05, 3.63) is 0 Å². The summed E-state index contributed by atoms with van der Waals surface area (Å²) >= 11 is 0. The van der Waals surface area contributed by atoms with Crippen LogP contribution in [0.5, 0.6) is 0 Å². The largest absolute Gasteiger partial charge is 0.388 e. The van der Waals surface area contributed by atoms with E-state index in [0.717, 1.165) is 64.5 Å². The van der Waals surface area contributed by atoms with Gasteiger partial charge in [-0.1, -0.05) is 32.6 Å². The molecule has 0 aromatic carbocycles. The smallest absolute Gasteiger partial charge is 0.227 e. The van der Waals surface area contributed by atoms with Crippen LogP contribution in [-0.2, 0) is 4.79 Å². The molecular weight excluding hydrogens is 252 g/mol. The Balaban J connectivity index is 1.91. The van der Waals surface area contributed by atoms with Gasteiger partial charge in [-0.3, -0.25) is 4.79 Å². The van der Waals surface area contributed by atoms with Crippen molar-refractivity contribution in [3.63, 3.8) is 0 Å². The van der Waals surface area contributed by atoms with Gasteiger partial charge < -0.3 is 15.7 Å². The monoisotopic (exact) mass is 282 g/mol. The van der Waals surface area contributed by atoms with E-state index in [2.05, 4.69) is 17.6 Å². The van der Waals surface area contributed by atoms with Crippen LogP contribution in [-0.4, -0.2) is 36.2 Å². The number of carbonyl (C=O) groups is 1. The summed E-state index contributed by atoms with van der Waals surface area (Å²) in [6.07, 6.45) is 9.01. The number of piperidine rings is 1. The first kappa shape index (κ1) is 15.8. The van der Waals surface area contributed by atoms with Crippen molar-refractivity contribution in [2.45, 2.75) is 70.3 Å². The molecule has 3 N–H and O–H groups in total. The number of amides is 1. The second-order valence-corrected chi connectivity index (χ2v) is 6.78. The summed E-state index contributed by atoms with van der Waals surface area (Å²) < 4.78 is 0. The van der Waals surface area contributed by atoms with Gasteiger partial charge in [-0.25, -0.2) is 0 Å². The van der Waals surface area contributed by atoms with Crippen LogP contribution in [0.15, 0.2) is 0 Å². The number of nitrogens with one attached hydrogen (secondary N) is 2. The highest BCUT2D eigenvalue weighted by Gasteiger charge is 2.39. The predicted octanol–water partition coefficient (Wildman–Crippen LogP) is 1.97. The van der Waals surface area contributed by atoms with Crippen molar-refractivity contribution in [3.8, 4) is 0 Å². The van der Waals surface area contributed by atoms with E-state index in [4.69, 9.17) is 0 Å². The summed E-state index contributed by atoms with van der Waals surface area (Å²) in [7, 11) is 0. The first-order valence-corrected chi connectivity index (χ1v) is 8.32. The lowest BCUT2D eigenvalue weighted by atomic mass is 9.76. The quantitative estimate of drug-likeness (QED) is 0.722. The summed E-state index contributed by atoms with van der Waals surface area (Å²) in [4.78, 5) is 12.6. The molecule has 0 spiro atoms. The van der Waals surface area contributed by atoms with Gasteiger partial charge >= 0.3 is 0 Å². The van der Waals surface area contributed by atoms with Gasteiger partial charge in [-0.2, -0.15) is 0 Å². The molecule has 1 heterocycles. The minimum atomic E-state index is -0.663. The van der Waals surface area contributed by atoms with E-state index in [-0.39, 0.29) is 11.3 Å². The van der Waals surface area contributed by atoms with Crippen molar-refractivity contribution in [2.24, 2.45) is 5.41 Å². The van der Waals surface area contributed by atoms with Gasteiger partial charge in [0.25, 0.3) is 0 Å². The van der Waals surface area contributed by atoms with E-state index >= 15 is 0 Å². The molecule has 1 aliphatic carbocycles. The maximum Gasteiger partial charge on any atom is 0.227 e. The standard InChI is InChI=1S/C16H30N2O2/c1-2-7-15(8-6-11-17-12-15)14(19)18-13-16(20)9-4-3-5-10-16/h17,20H,2-13H2,1H3,(H,18,19). The minimum Gasteiger partial charge on any atom is -0.388 e. The minimum absolute atomic E-state index is 0.144. The molecule has 4 nitrogen and oxygen atoms in total. The Kier molecular flexibility index (Phi) is 5.44. The van der Waals surface area contributed by atoms with Gasteiger partial charge in [-0.05, 0) is 38.6 Å². The Morgan fingerprint density at radius 3 is 2.55 bits per heavy atom. The zero-order chi connectivity index (χ0) is 14.5. The predicted molar refractivity (Wildman–Crippen MR) is 80.5 cm³/mol. The molecule has 1 saturated carbocycles. The molecule has 2 aliphatic rings. The second kappa shape index (κ2) is 6.90. The van der Waals surface area contributed by atoms with E-state index < -0.39 is 5.60 Å². The van der Waals surface area contributed by atoms with Gasteiger partial charge in [0.1, 0.15) is 0 Å². The van der Waals surface area contributed by atoms with E-state index in [0.29, 0.717) is 6.54 Å². The van der Waals surface area contributed by atoms with Crippen LogP contribution >= 0.6 is 0 Å². The molecule has 2 fully saturated rings. The Bertz CT molecular complexity index is 313. The molecule has 0 aromatic heterocycles. The molecule has 0 aromatic rings. The normalized spacial score (nSPS) is 29.9. The highest BCUT2D eigenvalue weighted by molar-refractivity contribution is 5.83. The van der Waals surface area contributed by atoms with Crippen molar-refractivity contribution in [1.29, 1.82) is 0 Å². The molecule has 2 rings (SSSR count). The summed E-state index contributed by atoms with van der Waals surface area (Å²) in [5.41, 5.74) is -0.915. The topological polar surface area (TPSA) is 61.4 Å². The number of aliphatic hydroxyl groups is 1. The van der Waals surface area contributed by atoms with Crippen LogP contribution in [0.4, 0.5) is 0 Å². The van der Waals surface area contributed by atoms with Crippen LogP contribution in [0.1, 0.15) is 64.7 Å². The maximum absolute atomic E-state index is 12.6. The van der Waals surface area contributed by atoms with Crippen molar-refractivity contribution < 1.29 is 9.90 Å². The third-order valence-corrected chi connectivity index (χ3v) is 5.04. The Morgan fingerprint density at radius 1 is 1.20 bits per heavy atom. The molecule has 1 amide bonds. The molecule has 20 heavy (non-hydrogen) atoms. The molecule has 4 heteroatoms. The molecule has 0 radical (unpaired) electrons. The number of hydrogen-bond acceptors (Lipinski definition) is 3. The zero-order valence-electron chi connectivity index (χ0n) is 12.8. The van der Waals surface area contributed by atoms with Crippen molar-refractivity contribution in [1.82, 2.24) is 10.6 Å². The van der Waals surface area contributed by atoms with Gasteiger partial charge in [0.2, 0.25) is 5.91 Å². The molecule has 1 unspecified atom stereocenters. The number of carbonyl (C=O) groups excluding carboxylic acids is 1. The van der Waals surface area contributed by atoms with Crippen LogP contribution in [0.2, 0.25) is 0 Å². The van der Waals surface area contributed by atoms with Crippen LogP contribution in [0.25, 0.3) is 0 Å². The number of hydrogen-bond donors (Lipinski definition) is 3. The average Bonchev–Trinajstić information content (AvgIpc) is 2.47. The van der Waals surface area contributed by atoms with Crippen LogP contribution in [0, 0.1) is 5.41 Å². The Labute approximate surface area is 122 Å². The SMILES string of the molecule is CCCC1(C(=O)NCC2(O)CCCCC2)CCCNC1. The summed E-state index contributed by atoms with van der Waals surface area (Å²) in [5.74, 6) is 0.144. The van der Waals surface area contributed by atoms with E-state index in [1.54, 1.807) is 0 Å². The fraction of sp³-hybridized carbons (Fsp3) is 0.938. The van der Waals surface area contributed by atoms with Crippen molar-refractivity contribution >= 4 is 5.91 Å². The summed E-state index contributed by atoms with van der Waals surface area (Å²) in [6.45, 7) is 4.36. The maximum atomic E-state index is 12.6. The zero-order valence-corrected chi connectivity index (χ0v) is 12.8. The van der Waals surface area contributed by atoms with Crippen LogP contribution in [0.3, 0.4) is 0 Å². The van der Waals surface area contributed by atoms with E-state index in [1.165, 1.54) is 6.42 Å². The number of rotatable bonds is 5. The lowest BCUT2D eigenvalue weighted by molar-refractivity contribution is -0.134. The average molecular weight is 282 g/mol. The van der Waals surface area contributed by atoms with Gasteiger partial charge in [0.05, 0.1) is 11.0 Å². The second-order valence-electron chi connectivity index (χ2n) is 6.78. The third-order valence-electron chi connectivity index (χ3n) is 5.04. The molecule has 0 bridgehead atoms. The fourth-order valence-electron chi connectivity index (χ4n) is 3.79. The summed E-state index contributed by atoms with van der Waals surface area (Å²) in [5, 5.41) is 16.9. The Hall–Kier alpha value is -0.610. The summed E-state index contributed by atoms with van der Waals surface area (Å²) in [6, 6.07) is 0. The van der Waals surface area contributed by atoms with Crippen LogP contribution < -0.4 is 10.6 Å². The molecule has 1 atom stereocenters. The van der Waals surface area contributed by atoms with Gasteiger partial charge in [0, 0.05) is 13.1 Å². The van der Waals surface area contributed by atoms with E-state index in [1.807, 2.05) is 0 Å². The first-order valence-electron chi connectivity index (χ1n) is 8.32. The van der Waals surface area contributed by atoms with Gasteiger partial charge in [0.15, 0.2) is 0 Å². The fourth-order valence-corrected chi connectivity index (χ4v) is 3.79. The van der Waals surface area contributed by atoms with Gasteiger partial charge in [-0.15, -0.1) is 0 Å². The highest BCUT2D eigenvalue weighted by Crippen LogP contribution is 2.33.